The van der Waals surface area contributed by atoms with Crippen molar-refractivity contribution in [2.45, 2.75) is 73.4 Å². The van der Waals surface area contributed by atoms with Gasteiger partial charge in [-0.3, -0.25) is 4.79 Å². The van der Waals surface area contributed by atoms with E-state index in [-0.39, 0.29) is 28.9 Å². The zero-order valence-corrected chi connectivity index (χ0v) is 18.2. The second-order valence-electron chi connectivity index (χ2n) is 9.03. The quantitative estimate of drug-likeness (QED) is 0.693. The normalized spacial score (nSPS) is 30.0. The number of nitriles is 2. The van der Waals surface area contributed by atoms with Crippen LogP contribution in [0.25, 0.3) is 0 Å². The van der Waals surface area contributed by atoms with Crippen LogP contribution < -0.4 is 10.0 Å². The van der Waals surface area contributed by atoms with Gasteiger partial charge in [0.2, 0.25) is 15.9 Å². The topological polar surface area (TPSA) is 126 Å². The van der Waals surface area contributed by atoms with E-state index in [1.54, 1.807) is 4.90 Å². The summed E-state index contributed by atoms with van der Waals surface area (Å²) in [6.45, 7) is 0.869. The van der Waals surface area contributed by atoms with Crippen LogP contribution in [0.1, 0.15) is 56.9 Å². The molecule has 0 aromatic heterocycles. The van der Waals surface area contributed by atoms with Crippen LogP contribution in [0.15, 0.2) is 29.2 Å². The molecule has 5 rings (SSSR count). The molecule has 1 aliphatic heterocycles. The third-order valence-corrected chi connectivity index (χ3v) is 8.82. The van der Waals surface area contributed by atoms with Crippen molar-refractivity contribution in [3.63, 3.8) is 0 Å². The molecule has 0 radical (unpaired) electrons. The summed E-state index contributed by atoms with van der Waals surface area (Å²) in [5.41, 5.74) is -0.173. The lowest BCUT2D eigenvalue weighted by Crippen LogP contribution is -2.63. The van der Waals surface area contributed by atoms with Gasteiger partial charge in [-0.05, 0) is 75.6 Å². The van der Waals surface area contributed by atoms with Crippen LogP contribution in [0.4, 0.5) is 0 Å². The molecule has 164 valence electrons. The first-order chi connectivity index (χ1) is 14.8. The van der Waals surface area contributed by atoms with Crippen molar-refractivity contribution in [3.8, 4) is 12.1 Å². The summed E-state index contributed by atoms with van der Waals surface area (Å²) in [5, 5.41) is 21.6. The highest BCUT2D eigenvalue weighted by molar-refractivity contribution is 7.89. The lowest BCUT2D eigenvalue weighted by molar-refractivity contribution is -0.130. The molecule has 2 N–H and O–H groups in total. The molecule has 9 heteroatoms. The van der Waals surface area contributed by atoms with Gasteiger partial charge in [0, 0.05) is 17.6 Å². The Bertz CT molecular complexity index is 1010. The van der Waals surface area contributed by atoms with Crippen molar-refractivity contribution in [1.82, 2.24) is 14.9 Å². The number of nitrogens with zero attached hydrogens (tertiary/aromatic N) is 3. The fourth-order valence-electron chi connectivity index (χ4n) is 5.22. The van der Waals surface area contributed by atoms with Gasteiger partial charge in [0.15, 0.2) is 0 Å². The maximum Gasteiger partial charge on any atom is 0.241 e. The van der Waals surface area contributed by atoms with Gasteiger partial charge in [-0.25, -0.2) is 13.1 Å². The smallest absolute Gasteiger partial charge is 0.241 e. The third-order valence-electron chi connectivity index (χ3n) is 7.23. The summed E-state index contributed by atoms with van der Waals surface area (Å²) in [4.78, 5) is 14.4. The van der Waals surface area contributed by atoms with Gasteiger partial charge < -0.3 is 10.2 Å². The molecule has 1 saturated heterocycles. The molecule has 1 heterocycles. The first kappa shape index (κ1) is 21.8. The van der Waals surface area contributed by atoms with E-state index in [0.29, 0.717) is 31.4 Å². The summed E-state index contributed by atoms with van der Waals surface area (Å²) >= 11 is 0. The first-order valence-corrected chi connectivity index (χ1v) is 12.3. The average molecular weight is 442 g/mol. The van der Waals surface area contributed by atoms with Gasteiger partial charge >= 0.3 is 0 Å². The number of nitrogens with one attached hydrogen (secondary N) is 2. The van der Waals surface area contributed by atoms with Gasteiger partial charge in [-0.2, -0.15) is 10.5 Å². The van der Waals surface area contributed by atoms with Crippen molar-refractivity contribution in [3.05, 3.63) is 29.8 Å². The molecule has 3 saturated carbocycles. The lowest BCUT2D eigenvalue weighted by atomic mass is 9.62. The number of amides is 1. The molecule has 4 aliphatic rings. The molecule has 3 aliphatic carbocycles. The second kappa shape index (κ2) is 8.23. The molecule has 1 aromatic carbocycles. The van der Waals surface area contributed by atoms with Crippen molar-refractivity contribution in [2.24, 2.45) is 0 Å². The van der Waals surface area contributed by atoms with Crippen LogP contribution in [-0.2, 0) is 14.8 Å². The van der Waals surface area contributed by atoms with Crippen molar-refractivity contribution in [1.29, 1.82) is 10.5 Å². The van der Waals surface area contributed by atoms with Gasteiger partial charge in [0.25, 0.3) is 0 Å². The number of carbonyl (C=O) groups is 1. The molecule has 0 unspecified atom stereocenters. The monoisotopic (exact) mass is 441 g/mol. The molecule has 31 heavy (non-hydrogen) atoms. The SMILES string of the molecule is N#Cc1ccc(S(=O)(=O)NC23CCC(NCC(=O)N4CCC[C@H]4C#N)(CC2)CC3)cc1. The summed E-state index contributed by atoms with van der Waals surface area (Å²) in [6, 6.07) is 9.84. The van der Waals surface area contributed by atoms with Crippen LogP contribution in [0.5, 0.6) is 0 Å². The molecule has 8 nitrogen and oxygen atoms in total. The minimum absolute atomic E-state index is 0.0256. The third kappa shape index (κ3) is 4.31. The number of benzene rings is 1. The standard InChI is InChI=1S/C22H27N5O3S/c23-14-17-3-5-19(6-4-17)31(29,30)26-22-10-7-21(8-11-22,9-12-22)25-16-20(28)27-13-1-2-18(27)15-24/h3-6,18,25-26H,1-2,7-13,16H2/t18-,21?,22?/m0/s1. The van der Waals surface area contributed by atoms with E-state index >= 15 is 0 Å². The molecule has 2 bridgehead atoms. The highest BCUT2D eigenvalue weighted by atomic mass is 32.2. The number of rotatable bonds is 6. The van der Waals surface area contributed by atoms with Crippen LogP contribution in [0, 0.1) is 22.7 Å². The largest absolute Gasteiger partial charge is 0.326 e. The van der Waals surface area contributed by atoms with E-state index < -0.39 is 15.6 Å². The maximum absolute atomic E-state index is 12.9. The van der Waals surface area contributed by atoms with E-state index in [1.807, 2.05) is 6.07 Å². The predicted octanol–water partition coefficient (Wildman–Crippen LogP) is 1.79. The van der Waals surface area contributed by atoms with Crippen molar-refractivity contribution < 1.29 is 13.2 Å². The van der Waals surface area contributed by atoms with E-state index in [9.17, 15) is 18.5 Å². The van der Waals surface area contributed by atoms with Gasteiger partial charge in [0.05, 0.1) is 29.1 Å². The summed E-state index contributed by atoms with van der Waals surface area (Å²) in [5.74, 6) is -0.0256. The Hall–Kier alpha value is -2.46. The van der Waals surface area contributed by atoms with E-state index in [1.165, 1.54) is 24.3 Å². The molecule has 4 fully saturated rings. The Kier molecular flexibility index (Phi) is 5.78. The molecule has 0 spiro atoms. The van der Waals surface area contributed by atoms with E-state index in [2.05, 4.69) is 16.1 Å². The fraction of sp³-hybridized carbons (Fsp3) is 0.591. The molecule has 1 atom stereocenters. The predicted molar refractivity (Wildman–Crippen MR) is 113 cm³/mol. The fourth-order valence-corrected chi connectivity index (χ4v) is 6.71. The Morgan fingerprint density at radius 3 is 2.26 bits per heavy atom. The Labute approximate surface area is 183 Å². The van der Waals surface area contributed by atoms with Crippen LogP contribution in [-0.4, -0.2) is 49.4 Å². The number of sulfonamides is 1. The summed E-state index contributed by atoms with van der Waals surface area (Å²) < 4.78 is 28.7. The Morgan fingerprint density at radius 1 is 1.06 bits per heavy atom. The Morgan fingerprint density at radius 2 is 1.68 bits per heavy atom. The van der Waals surface area contributed by atoms with E-state index in [4.69, 9.17) is 5.26 Å². The number of likely N-dealkylation sites (tertiary alicyclic amines) is 1. The summed E-state index contributed by atoms with van der Waals surface area (Å²) in [6.07, 6.45) is 6.18. The minimum Gasteiger partial charge on any atom is -0.326 e. The lowest BCUT2D eigenvalue weighted by Gasteiger charge is -2.53. The Balaban J connectivity index is 1.35. The maximum atomic E-state index is 12.9. The number of hydrogen-bond acceptors (Lipinski definition) is 6. The highest BCUT2D eigenvalue weighted by Crippen LogP contribution is 2.47. The first-order valence-electron chi connectivity index (χ1n) is 10.8. The van der Waals surface area contributed by atoms with E-state index in [0.717, 1.165) is 32.1 Å². The molecule has 1 amide bonds. The molecule has 1 aromatic rings. The highest BCUT2D eigenvalue weighted by Gasteiger charge is 2.50. The van der Waals surface area contributed by atoms with Crippen LogP contribution >= 0.6 is 0 Å². The van der Waals surface area contributed by atoms with Crippen molar-refractivity contribution in [2.75, 3.05) is 13.1 Å². The zero-order valence-electron chi connectivity index (χ0n) is 17.4. The second-order valence-corrected chi connectivity index (χ2v) is 10.7. The minimum atomic E-state index is -3.67. The van der Waals surface area contributed by atoms with Gasteiger partial charge in [-0.1, -0.05) is 0 Å². The number of carbonyl (C=O) groups excluding carboxylic acids is 1. The molecular weight excluding hydrogens is 414 g/mol. The average Bonchev–Trinajstić information content (AvgIpc) is 3.27. The zero-order chi connectivity index (χ0) is 22.1. The number of fused-ring (bicyclic) bond motifs is 3. The summed E-state index contributed by atoms with van der Waals surface area (Å²) in [7, 11) is -3.67. The number of hydrogen-bond donors (Lipinski definition) is 2. The van der Waals surface area contributed by atoms with Crippen molar-refractivity contribution >= 4 is 15.9 Å². The molecular formula is C22H27N5O3S. The van der Waals surface area contributed by atoms with Gasteiger partial charge in [0.1, 0.15) is 6.04 Å². The van der Waals surface area contributed by atoms with Gasteiger partial charge in [-0.15, -0.1) is 0 Å². The van der Waals surface area contributed by atoms with Crippen LogP contribution in [0.2, 0.25) is 0 Å². The van der Waals surface area contributed by atoms with Crippen LogP contribution in [0.3, 0.4) is 0 Å².